The lowest BCUT2D eigenvalue weighted by atomic mass is 10.0. The smallest absolute Gasteiger partial charge is 0.262 e. The first kappa shape index (κ1) is 17.0. The first-order chi connectivity index (χ1) is 13.1. The van der Waals surface area contributed by atoms with Gasteiger partial charge in [0.1, 0.15) is 0 Å². The summed E-state index contributed by atoms with van der Waals surface area (Å²) in [5, 5.41) is 0. The van der Waals surface area contributed by atoms with E-state index in [1.807, 2.05) is 55.5 Å². The number of carbonyl (C=O) groups excluding carboxylic acids is 2. The van der Waals surface area contributed by atoms with Gasteiger partial charge in [-0.05, 0) is 35.7 Å². The predicted molar refractivity (Wildman–Crippen MR) is 107 cm³/mol. The molecule has 0 aromatic heterocycles. The average molecular weight is 353 g/mol. The monoisotopic (exact) mass is 353 g/mol. The molecule has 27 heavy (non-hydrogen) atoms. The SMILES string of the molecule is CC(c1ccc(/C=C/c2ccccc2)cc1)N1C(=O)c2ccccc2C1=O. The van der Waals surface area contributed by atoms with Gasteiger partial charge in [0.15, 0.2) is 0 Å². The number of hydrogen-bond donors (Lipinski definition) is 0. The van der Waals surface area contributed by atoms with Gasteiger partial charge in [-0.25, -0.2) is 0 Å². The molecule has 4 rings (SSSR count). The third kappa shape index (κ3) is 3.20. The fraction of sp³-hybridized carbons (Fsp3) is 0.0833. The van der Waals surface area contributed by atoms with Crippen LogP contribution in [0.1, 0.15) is 50.4 Å². The Kier molecular flexibility index (Phi) is 4.43. The number of benzene rings is 3. The third-order valence-electron chi connectivity index (χ3n) is 4.90. The van der Waals surface area contributed by atoms with Crippen molar-refractivity contribution in [2.45, 2.75) is 13.0 Å². The molecule has 1 aliphatic rings. The predicted octanol–water partition coefficient (Wildman–Crippen LogP) is 5.21. The minimum Gasteiger partial charge on any atom is -0.269 e. The van der Waals surface area contributed by atoms with Gasteiger partial charge in [0.2, 0.25) is 0 Å². The van der Waals surface area contributed by atoms with Gasteiger partial charge >= 0.3 is 0 Å². The molecule has 0 N–H and O–H groups in total. The van der Waals surface area contributed by atoms with Crippen LogP contribution in [-0.4, -0.2) is 16.7 Å². The lowest BCUT2D eigenvalue weighted by molar-refractivity contribution is 0.0595. The molecule has 3 heteroatoms. The molecule has 3 nitrogen and oxygen atoms in total. The van der Waals surface area contributed by atoms with Gasteiger partial charge in [-0.2, -0.15) is 0 Å². The number of hydrogen-bond acceptors (Lipinski definition) is 2. The van der Waals surface area contributed by atoms with Crippen LogP contribution in [0.4, 0.5) is 0 Å². The summed E-state index contributed by atoms with van der Waals surface area (Å²) in [6.07, 6.45) is 4.11. The zero-order valence-electron chi connectivity index (χ0n) is 15.0. The summed E-state index contributed by atoms with van der Waals surface area (Å²) >= 11 is 0. The van der Waals surface area contributed by atoms with E-state index in [9.17, 15) is 9.59 Å². The molecule has 0 fully saturated rings. The zero-order chi connectivity index (χ0) is 18.8. The minimum atomic E-state index is -0.315. The van der Waals surface area contributed by atoms with Crippen LogP contribution < -0.4 is 0 Å². The zero-order valence-corrected chi connectivity index (χ0v) is 15.0. The maximum absolute atomic E-state index is 12.6. The molecule has 1 aliphatic heterocycles. The highest BCUT2D eigenvalue weighted by atomic mass is 16.2. The molecule has 0 aliphatic carbocycles. The van der Waals surface area contributed by atoms with Gasteiger partial charge in [-0.15, -0.1) is 0 Å². The van der Waals surface area contributed by atoms with Crippen LogP contribution in [0.15, 0.2) is 78.9 Å². The van der Waals surface area contributed by atoms with Gasteiger partial charge in [0, 0.05) is 0 Å². The van der Waals surface area contributed by atoms with E-state index in [2.05, 4.69) is 18.2 Å². The number of nitrogens with zero attached hydrogens (tertiary/aromatic N) is 1. The second-order valence-electron chi connectivity index (χ2n) is 6.61. The van der Waals surface area contributed by atoms with E-state index >= 15 is 0 Å². The van der Waals surface area contributed by atoms with Crippen LogP contribution in [0, 0.1) is 0 Å². The van der Waals surface area contributed by atoms with Crippen LogP contribution in [-0.2, 0) is 0 Å². The maximum atomic E-state index is 12.6. The van der Waals surface area contributed by atoms with E-state index in [1.165, 1.54) is 4.90 Å². The minimum absolute atomic E-state index is 0.226. The van der Waals surface area contributed by atoms with E-state index < -0.39 is 0 Å². The second kappa shape index (κ2) is 7.04. The molecule has 3 aromatic carbocycles. The molecule has 0 saturated carbocycles. The van der Waals surface area contributed by atoms with E-state index in [-0.39, 0.29) is 17.9 Å². The van der Waals surface area contributed by atoms with Crippen molar-refractivity contribution in [1.82, 2.24) is 4.90 Å². The van der Waals surface area contributed by atoms with Crippen LogP contribution in [0.3, 0.4) is 0 Å². The Hall–Kier alpha value is -3.46. The molecule has 0 saturated heterocycles. The number of fused-ring (bicyclic) bond motifs is 1. The van der Waals surface area contributed by atoms with Gasteiger partial charge in [0.25, 0.3) is 11.8 Å². The highest BCUT2D eigenvalue weighted by Crippen LogP contribution is 2.31. The Labute approximate surface area is 158 Å². The number of imide groups is 1. The number of amides is 2. The lowest BCUT2D eigenvalue weighted by Gasteiger charge is -2.23. The largest absolute Gasteiger partial charge is 0.269 e. The van der Waals surface area contributed by atoms with Gasteiger partial charge in [-0.1, -0.05) is 78.9 Å². The molecule has 1 atom stereocenters. The Bertz CT molecular complexity index is 985. The van der Waals surface area contributed by atoms with Crippen molar-refractivity contribution in [3.63, 3.8) is 0 Å². The number of carbonyl (C=O) groups is 2. The maximum Gasteiger partial charge on any atom is 0.262 e. The van der Waals surface area contributed by atoms with Gasteiger partial charge in [0.05, 0.1) is 17.2 Å². The molecule has 1 heterocycles. The number of rotatable bonds is 4. The van der Waals surface area contributed by atoms with Crippen molar-refractivity contribution in [2.75, 3.05) is 0 Å². The van der Waals surface area contributed by atoms with Gasteiger partial charge < -0.3 is 0 Å². The first-order valence-electron chi connectivity index (χ1n) is 8.95. The Morgan fingerprint density at radius 1 is 0.667 bits per heavy atom. The topological polar surface area (TPSA) is 37.4 Å². The van der Waals surface area contributed by atoms with Crippen molar-refractivity contribution in [3.8, 4) is 0 Å². The fourth-order valence-corrected chi connectivity index (χ4v) is 3.35. The fourth-order valence-electron chi connectivity index (χ4n) is 3.35. The van der Waals surface area contributed by atoms with Gasteiger partial charge in [-0.3, -0.25) is 14.5 Å². The Morgan fingerprint density at radius 2 is 1.15 bits per heavy atom. The molecule has 132 valence electrons. The Balaban J connectivity index is 1.53. The summed E-state index contributed by atoms with van der Waals surface area (Å²) in [6.45, 7) is 1.89. The normalized spacial score (nSPS) is 14.6. The molecular formula is C24H19NO2. The van der Waals surface area contributed by atoms with Crippen molar-refractivity contribution < 1.29 is 9.59 Å². The average Bonchev–Trinajstić information content (AvgIpc) is 2.98. The summed E-state index contributed by atoms with van der Waals surface area (Å²) in [5.74, 6) is -0.452. The van der Waals surface area contributed by atoms with E-state index in [4.69, 9.17) is 0 Å². The van der Waals surface area contributed by atoms with Crippen LogP contribution >= 0.6 is 0 Å². The summed E-state index contributed by atoms with van der Waals surface area (Å²) in [7, 11) is 0. The summed E-state index contributed by atoms with van der Waals surface area (Å²) in [6, 6.07) is 24.7. The molecule has 2 amide bonds. The van der Waals surface area contributed by atoms with Crippen LogP contribution in [0.5, 0.6) is 0 Å². The molecule has 3 aromatic rings. The Morgan fingerprint density at radius 3 is 1.70 bits per heavy atom. The first-order valence-corrected chi connectivity index (χ1v) is 8.95. The molecule has 0 bridgehead atoms. The van der Waals surface area contributed by atoms with Crippen molar-refractivity contribution in [2.24, 2.45) is 0 Å². The highest BCUT2D eigenvalue weighted by molar-refractivity contribution is 6.21. The van der Waals surface area contributed by atoms with E-state index in [0.29, 0.717) is 11.1 Å². The lowest BCUT2D eigenvalue weighted by Crippen LogP contribution is -2.32. The van der Waals surface area contributed by atoms with Crippen LogP contribution in [0.2, 0.25) is 0 Å². The highest BCUT2D eigenvalue weighted by Gasteiger charge is 2.38. The molecule has 0 spiro atoms. The standard InChI is InChI=1S/C24H19NO2/c1-17(25-23(26)21-9-5-6-10-22(21)24(25)27)20-15-13-19(14-16-20)12-11-18-7-3-2-4-8-18/h2-17H,1H3/b12-11+. The quantitative estimate of drug-likeness (QED) is 0.477. The van der Waals surface area contributed by atoms with E-state index in [0.717, 1.165) is 16.7 Å². The van der Waals surface area contributed by atoms with E-state index in [1.54, 1.807) is 24.3 Å². The van der Waals surface area contributed by atoms with Crippen molar-refractivity contribution in [1.29, 1.82) is 0 Å². The molecule has 1 unspecified atom stereocenters. The molecular weight excluding hydrogens is 334 g/mol. The second-order valence-corrected chi connectivity index (χ2v) is 6.61. The van der Waals surface area contributed by atoms with Crippen molar-refractivity contribution in [3.05, 3.63) is 107 Å². The third-order valence-corrected chi connectivity index (χ3v) is 4.90. The van der Waals surface area contributed by atoms with Crippen molar-refractivity contribution >= 4 is 24.0 Å². The summed E-state index contributed by atoms with van der Waals surface area (Å²) < 4.78 is 0. The summed E-state index contributed by atoms with van der Waals surface area (Å²) in [4.78, 5) is 26.6. The van der Waals surface area contributed by atoms with Crippen LogP contribution in [0.25, 0.3) is 12.2 Å². The molecule has 0 radical (unpaired) electrons. The summed E-state index contributed by atoms with van der Waals surface area (Å²) in [5.41, 5.74) is 4.10.